The van der Waals surface area contributed by atoms with E-state index in [4.69, 9.17) is 4.74 Å². The fraction of sp³-hybridized carbons (Fsp3) is 0.556. The average molecular weight is 316 g/mol. The Balaban J connectivity index is 1.87. The molecule has 1 fully saturated rings. The van der Waals surface area contributed by atoms with Gasteiger partial charge >= 0.3 is 0 Å². The average Bonchev–Trinajstić information content (AvgIpc) is 3.02. The number of methoxy groups -OCH3 is 1. The Morgan fingerprint density at radius 3 is 2.78 bits per heavy atom. The number of nitrogens with one attached hydrogen (secondary N) is 1. The molecule has 124 valence electrons. The molecular formula is C18H24N2O3. The van der Waals surface area contributed by atoms with E-state index in [-0.39, 0.29) is 17.2 Å². The molecule has 1 saturated heterocycles. The quantitative estimate of drug-likeness (QED) is 0.912. The van der Waals surface area contributed by atoms with Crippen molar-refractivity contribution in [1.82, 2.24) is 4.90 Å². The molecule has 0 radical (unpaired) electrons. The highest BCUT2D eigenvalue weighted by Gasteiger charge is 2.52. The van der Waals surface area contributed by atoms with Crippen LogP contribution in [0.1, 0.15) is 39.2 Å². The first-order valence-electron chi connectivity index (χ1n) is 8.03. The molecule has 0 aliphatic carbocycles. The largest absolute Gasteiger partial charge is 0.497 e. The van der Waals surface area contributed by atoms with Crippen molar-refractivity contribution in [3.8, 4) is 5.75 Å². The summed E-state index contributed by atoms with van der Waals surface area (Å²) in [4.78, 5) is 27.0. The van der Waals surface area contributed by atoms with Gasteiger partial charge in [-0.1, -0.05) is 20.8 Å². The van der Waals surface area contributed by atoms with Crippen molar-refractivity contribution in [2.75, 3.05) is 25.5 Å². The number of likely N-dealkylation sites (tertiary alicyclic amines) is 1. The molecular weight excluding hydrogens is 292 g/mol. The summed E-state index contributed by atoms with van der Waals surface area (Å²) in [5.74, 6) is 0.851. The van der Waals surface area contributed by atoms with Crippen molar-refractivity contribution >= 4 is 17.5 Å². The lowest BCUT2D eigenvalue weighted by Gasteiger charge is -2.25. The van der Waals surface area contributed by atoms with Crippen molar-refractivity contribution in [2.24, 2.45) is 5.41 Å². The third-order valence-electron chi connectivity index (χ3n) is 4.73. The van der Waals surface area contributed by atoms with E-state index < -0.39 is 5.41 Å². The molecule has 1 aromatic carbocycles. The molecule has 1 atom stereocenters. The molecule has 0 saturated carbocycles. The van der Waals surface area contributed by atoms with Crippen molar-refractivity contribution in [1.29, 1.82) is 0 Å². The Hall–Kier alpha value is -2.04. The van der Waals surface area contributed by atoms with Gasteiger partial charge in [0.05, 0.1) is 12.5 Å². The number of fused-ring (bicyclic) bond motifs is 2. The first kappa shape index (κ1) is 15.8. The number of anilines is 1. The predicted molar refractivity (Wildman–Crippen MR) is 88.6 cm³/mol. The number of rotatable bonds is 2. The number of amides is 2. The van der Waals surface area contributed by atoms with Crippen molar-refractivity contribution in [2.45, 2.75) is 39.0 Å². The van der Waals surface area contributed by atoms with Gasteiger partial charge in [-0.15, -0.1) is 0 Å². The molecule has 23 heavy (non-hydrogen) atoms. The molecule has 0 unspecified atom stereocenters. The van der Waals surface area contributed by atoms with E-state index in [2.05, 4.69) is 26.1 Å². The van der Waals surface area contributed by atoms with Crippen LogP contribution in [0.15, 0.2) is 18.2 Å². The molecule has 0 aromatic heterocycles. The molecule has 1 N–H and O–H groups in total. The Morgan fingerprint density at radius 2 is 2.13 bits per heavy atom. The molecule has 2 aliphatic rings. The molecule has 2 heterocycles. The monoisotopic (exact) mass is 316 g/mol. The highest BCUT2D eigenvalue weighted by atomic mass is 16.5. The summed E-state index contributed by atoms with van der Waals surface area (Å²) in [7, 11) is 1.62. The van der Waals surface area contributed by atoms with E-state index in [1.54, 1.807) is 7.11 Å². The zero-order valence-corrected chi connectivity index (χ0v) is 14.2. The Kier molecular flexibility index (Phi) is 3.62. The molecule has 5 nitrogen and oxygen atoms in total. The van der Waals surface area contributed by atoms with Gasteiger partial charge in [0.25, 0.3) is 0 Å². The molecule has 1 spiro atoms. The van der Waals surface area contributed by atoms with Crippen LogP contribution in [0.2, 0.25) is 0 Å². The van der Waals surface area contributed by atoms with E-state index in [1.165, 1.54) is 0 Å². The van der Waals surface area contributed by atoms with Gasteiger partial charge < -0.3 is 15.0 Å². The zero-order chi connectivity index (χ0) is 16.8. The first-order chi connectivity index (χ1) is 10.7. The van der Waals surface area contributed by atoms with Gasteiger partial charge in [-0.25, -0.2) is 0 Å². The number of carbonyl (C=O) groups excluding carboxylic acids is 2. The van der Waals surface area contributed by atoms with Crippen LogP contribution in [0.5, 0.6) is 5.75 Å². The number of benzene rings is 1. The fourth-order valence-corrected chi connectivity index (χ4v) is 3.51. The highest BCUT2D eigenvalue weighted by Crippen LogP contribution is 2.45. The minimum atomic E-state index is -0.628. The Labute approximate surface area is 137 Å². The van der Waals surface area contributed by atoms with E-state index >= 15 is 0 Å². The predicted octanol–water partition coefficient (Wildman–Crippen LogP) is 2.55. The second-order valence-electron chi connectivity index (χ2n) is 7.75. The summed E-state index contributed by atoms with van der Waals surface area (Å²) in [5.41, 5.74) is 1.11. The van der Waals surface area contributed by atoms with Gasteiger partial charge in [-0.3, -0.25) is 9.59 Å². The molecule has 1 aromatic rings. The lowest BCUT2D eigenvalue weighted by Crippen LogP contribution is -2.40. The maximum absolute atomic E-state index is 12.6. The van der Waals surface area contributed by atoms with Crippen LogP contribution in [0.25, 0.3) is 0 Å². The summed E-state index contributed by atoms with van der Waals surface area (Å²) in [6, 6.07) is 5.64. The smallest absolute Gasteiger partial charge is 0.237 e. The summed E-state index contributed by atoms with van der Waals surface area (Å²) >= 11 is 0. The van der Waals surface area contributed by atoms with Crippen LogP contribution in [0.3, 0.4) is 0 Å². The Bertz CT molecular complexity index is 663. The van der Waals surface area contributed by atoms with E-state index in [0.717, 1.165) is 17.0 Å². The number of hydrogen-bond acceptors (Lipinski definition) is 3. The molecule has 5 heteroatoms. The van der Waals surface area contributed by atoms with Crippen LogP contribution in [0, 0.1) is 5.41 Å². The third-order valence-corrected chi connectivity index (χ3v) is 4.73. The third kappa shape index (κ3) is 2.69. The maximum Gasteiger partial charge on any atom is 0.237 e. The van der Waals surface area contributed by atoms with Crippen molar-refractivity contribution in [3.63, 3.8) is 0 Å². The van der Waals surface area contributed by atoms with Crippen molar-refractivity contribution in [3.05, 3.63) is 23.8 Å². The van der Waals surface area contributed by atoms with Crippen LogP contribution in [0.4, 0.5) is 5.69 Å². The SMILES string of the molecule is COc1ccc2c(c1)[C@@]1(CCN(C(=O)CC(C)(C)C)C1)C(=O)N2. The molecule has 2 amide bonds. The standard InChI is InChI=1S/C18H24N2O3/c1-17(2,3)10-15(21)20-8-7-18(11-20)13-9-12(23-4)5-6-14(13)19-16(18)22/h5-6,9H,7-8,10-11H2,1-4H3,(H,19,22)/t18-/m0/s1. The summed E-state index contributed by atoms with van der Waals surface area (Å²) in [6.45, 7) is 7.24. The first-order valence-corrected chi connectivity index (χ1v) is 8.03. The number of hydrogen-bond donors (Lipinski definition) is 1. The van der Waals surface area contributed by atoms with Gasteiger partial charge in [0.2, 0.25) is 11.8 Å². The Morgan fingerprint density at radius 1 is 1.39 bits per heavy atom. The number of nitrogens with zero attached hydrogens (tertiary/aromatic N) is 1. The van der Waals surface area contributed by atoms with Crippen molar-refractivity contribution < 1.29 is 14.3 Å². The lowest BCUT2D eigenvalue weighted by atomic mass is 9.81. The van der Waals surface area contributed by atoms with Gasteiger partial charge in [-0.2, -0.15) is 0 Å². The summed E-state index contributed by atoms with van der Waals surface area (Å²) in [6.07, 6.45) is 1.16. The van der Waals surface area contributed by atoms with Gasteiger partial charge in [-0.05, 0) is 35.6 Å². The maximum atomic E-state index is 12.6. The van der Waals surface area contributed by atoms with Crippen LogP contribution in [-0.4, -0.2) is 36.9 Å². The van der Waals surface area contributed by atoms with E-state index in [9.17, 15) is 9.59 Å². The lowest BCUT2D eigenvalue weighted by molar-refractivity contribution is -0.132. The van der Waals surface area contributed by atoms with Crippen LogP contribution < -0.4 is 10.1 Å². The summed E-state index contributed by atoms with van der Waals surface area (Å²) in [5, 5.41) is 2.96. The summed E-state index contributed by atoms with van der Waals surface area (Å²) < 4.78 is 5.30. The molecule has 0 bridgehead atoms. The highest BCUT2D eigenvalue weighted by molar-refractivity contribution is 6.07. The second kappa shape index (κ2) is 5.25. The van der Waals surface area contributed by atoms with Crippen LogP contribution in [-0.2, 0) is 15.0 Å². The minimum Gasteiger partial charge on any atom is -0.497 e. The van der Waals surface area contributed by atoms with E-state index in [1.807, 2.05) is 23.1 Å². The van der Waals surface area contributed by atoms with E-state index in [0.29, 0.717) is 25.9 Å². The fourth-order valence-electron chi connectivity index (χ4n) is 3.51. The van der Waals surface area contributed by atoms with Gasteiger partial charge in [0.1, 0.15) is 5.75 Å². The van der Waals surface area contributed by atoms with Crippen LogP contribution >= 0.6 is 0 Å². The number of ether oxygens (including phenoxy) is 1. The molecule has 3 rings (SSSR count). The minimum absolute atomic E-state index is 0.00758. The molecule has 2 aliphatic heterocycles. The normalized spacial score (nSPS) is 23.1. The topological polar surface area (TPSA) is 58.6 Å². The van der Waals surface area contributed by atoms with Gasteiger partial charge in [0, 0.05) is 25.2 Å². The number of carbonyl (C=O) groups is 2. The zero-order valence-electron chi connectivity index (χ0n) is 14.2. The van der Waals surface area contributed by atoms with Gasteiger partial charge in [0.15, 0.2) is 0 Å². The second-order valence-corrected chi connectivity index (χ2v) is 7.75.